The van der Waals surface area contributed by atoms with Gasteiger partial charge in [-0.05, 0) is 57.2 Å². The molecule has 130 valence electrons. The first-order chi connectivity index (χ1) is 11.3. The van der Waals surface area contributed by atoms with Crippen LogP contribution >= 0.6 is 0 Å². The number of ether oxygens (including phenoxy) is 1. The Kier molecular flexibility index (Phi) is 7.04. The summed E-state index contributed by atoms with van der Waals surface area (Å²) in [5.74, 6) is 0.593. The zero-order chi connectivity index (χ0) is 18.2. The normalized spacial score (nSPS) is 10.2. The van der Waals surface area contributed by atoms with Crippen molar-refractivity contribution in [3.63, 3.8) is 0 Å². The zero-order valence-corrected chi connectivity index (χ0v) is 14.9. The van der Waals surface area contributed by atoms with Crippen LogP contribution in [0.4, 0.5) is 27.7 Å². The minimum absolute atomic E-state index is 0.484. The van der Waals surface area contributed by atoms with E-state index >= 15 is 0 Å². The summed E-state index contributed by atoms with van der Waals surface area (Å²) in [5.41, 5.74) is 7.33. The Morgan fingerprint density at radius 2 is 1.67 bits per heavy atom. The van der Waals surface area contributed by atoms with Gasteiger partial charge in [-0.3, -0.25) is 5.32 Å². The molecule has 1 aromatic carbocycles. The molecule has 1 heterocycles. The van der Waals surface area contributed by atoms with Gasteiger partial charge in [-0.25, -0.2) is 9.78 Å². The van der Waals surface area contributed by atoms with Gasteiger partial charge >= 0.3 is 6.09 Å². The maximum atomic E-state index is 11.7. The van der Waals surface area contributed by atoms with Crippen LogP contribution in [0, 0.1) is 0 Å². The molecule has 0 aliphatic carbocycles. The van der Waals surface area contributed by atoms with Crippen LogP contribution in [0.3, 0.4) is 0 Å². The van der Waals surface area contributed by atoms with Crippen LogP contribution in [0.2, 0.25) is 0 Å². The summed E-state index contributed by atoms with van der Waals surface area (Å²) in [6, 6.07) is 10.7. The van der Waals surface area contributed by atoms with E-state index in [1.165, 1.54) is 0 Å². The zero-order valence-electron chi connectivity index (χ0n) is 14.9. The van der Waals surface area contributed by atoms with Gasteiger partial charge in [0.25, 0.3) is 0 Å². The van der Waals surface area contributed by atoms with E-state index in [-0.39, 0.29) is 0 Å². The molecule has 24 heavy (non-hydrogen) atoms. The largest absolute Gasteiger partial charge is 0.444 e. The molecule has 1 aromatic heterocycles. The van der Waals surface area contributed by atoms with Crippen LogP contribution in [-0.4, -0.2) is 16.7 Å². The molecule has 2 rings (SSSR count). The van der Waals surface area contributed by atoms with E-state index in [0.717, 1.165) is 5.69 Å². The van der Waals surface area contributed by atoms with E-state index < -0.39 is 11.7 Å². The lowest BCUT2D eigenvalue weighted by molar-refractivity contribution is 0.0636. The minimum Gasteiger partial charge on any atom is -0.444 e. The van der Waals surface area contributed by atoms with Crippen molar-refractivity contribution in [2.75, 3.05) is 16.4 Å². The predicted molar refractivity (Wildman–Crippen MR) is 99.6 cm³/mol. The number of nitrogen functional groups attached to an aromatic ring is 1. The number of nitrogens with zero attached hydrogens (tertiary/aromatic N) is 1. The van der Waals surface area contributed by atoms with Gasteiger partial charge in [0, 0.05) is 17.6 Å². The number of anilines is 4. The van der Waals surface area contributed by atoms with Gasteiger partial charge in [-0.1, -0.05) is 13.8 Å². The van der Waals surface area contributed by atoms with E-state index in [9.17, 15) is 4.79 Å². The highest BCUT2D eigenvalue weighted by Gasteiger charge is 2.16. The third-order valence-corrected chi connectivity index (χ3v) is 2.63. The van der Waals surface area contributed by atoms with Crippen molar-refractivity contribution in [2.24, 2.45) is 0 Å². The molecule has 0 atom stereocenters. The quantitative estimate of drug-likeness (QED) is 0.753. The van der Waals surface area contributed by atoms with E-state index in [1.807, 2.05) is 46.8 Å². The first-order valence-electron chi connectivity index (χ1n) is 7.91. The SMILES string of the molecule is CC.CC(C)(C)OC(=O)Nc1ccc(Nc2ncccc2N)cc1. The average Bonchev–Trinajstić information content (AvgIpc) is 2.51. The van der Waals surface area contributed by atoms with Crippen molar-refractivity contribution in [1.82, 2.24) is 4.98 Å². The molecule has 0 fully saturated rings. The fourth-order valence-electron chi connectivity index (χ4n) is 1.72. The molecule has 0 spiro atoms. The number of pyridine rings is 1. The van der Waals surface area contributed by atoms with E-state index in [4.69, 9.17) is 10.5 Å². The summed E-state index contributed by atoms with van der Waals surface area (Å²) in [4.78, 5) is 15.8. The van der Waals surface area contributed by atoms with E-state index in [1.54, 1.807) is 30.5 Å². The molecule has 0 saturated heterocycles. The van der Waals surface area contributed by atoms with E-state index in [2.05, 4.69) is 15.6 Å². The maximum Gasteiger partial charge on any atom is 0.412 e. The molecule has 2 aromatic rings. The first kappa shape index (κ1) is 19.3. The second-order valence-electron chi connectivity index (χ2n) is 5.77. The number of nitrogens with one attached hydrogen (secondary N) is 2. The molecule has 6 nitrogen and oxygen atoms in total. The monoisotopic (exact) mass is 330 g/mol. The molecule has 1 amide bonds. The summed E-state index contributed by atoms with van der Waals surface area (Å²) in [5, 5.41) is 5.78. The van der Waals surface area contributed by atoms with Crippen molar-refractivity contribution in [3.8, 4) is 0 Å². The molecule has 0 aliphatic heterocycles. The number of nitrogens with two attached hydrogens (primary N) is 1. The van der Waals surface area contributed by atoms with Gasteiger partial charge in [0.2, 0.25) is 0 Å². The molecule has 0 radical (unpaired) electrons. The fourth-order valence-corrected chi connectivity index (χ4v) is 1.72. The minimum atomic E-state index is -0.526. The van der Waals surface area contributed by atoms with Crippen molar-refractivity contribution in [3.05, 3.63) is 42.6 Å². The predicted octanol–water partition coefficient (Wildman–Crippen LogP) is 4.78. The van der Waals surface area contributed by atoms with Gasteiger partial charge in [0.1, 0.15) is 5.60 Å². The lowest BCUT2D eigenvalue weighted by Gasteiger charge is -2.19. The molecule has 0 bridgehead atoms. The van der Waals surface area contributed by atoms with Crippen molar-refractivity contribution in [2.45, 2.75) is 40.2 Å². The molecule has 4 N–H and O–H groups in total. The van der Waals surface area contributed by atoms with Gasteiger partial charge in [0.15, 0.2) is 5.82 Å². The summed E-state index contributed by atoms with van der Waals surface area (Å²) in [6.45, 7) is 9.45. The Labute approximate surface area is 143 Å². The summed E-state index contributed by atoms with van der Waals surface area (Å²) >= 11 is 0. The lowest BCUT2D eigenvalue weighted by atomic mass is 10.2. The van der Waals surface area contributed by atoms with Gasteiger partial charge in [-0.15, -0.1) is 0 Å². The highest BCUT2D eigenvalue weighted by Crippen LogP contribution is 2.21. The number of amides is 1. The summed E-state index contributed by atoms with van der Waals surface area (Å²) < 4.78 is 5.19. The van der Waals surface area contributed by atoms with Gasteiger partial charge in [0.05, 0.1) is 5.69 Å². The number of rotatable bonds is 3. The van der Waals surface area contributed by atoms with Crippen LogP contribution in [0.15, 0.2) is 42.6 Å². The standard InChI is InChI=1S/C16H20N4O2.C2H6/c1-16(2,3)22-15(21)20-12-8-6-11(7-9-12)19-14-13(17)5-4-10-18-14;1-2/h4-10H,17H2,1-3H3,(H,18,19)(H,20,21);1-2H3. The number of hydrogen-bond donors (Lipinski definition) is 3. The Morgan fingerprint density at radius 1 is 1.08 bits per heavy atom. The van der Waals surface area contributed by atoms with Crippen molar-refractivity contribution >= 4 is 29.0 Å². The average molecular weight is 330 g/mol. The highest BCUT2D eigenvalue weighted by molar-refractivity contribution is 5.85. The van der Waals surface area contributed by atoms with Crippen LogP contribution in [0.25, 0.3) is 0 Å². The van der Waals surface area contributed by atoms with Crippen molar-refractivity contribution in [1.29, 1.82) is 0 Å². The molecular weight excluding hydrogens is 304 g/mol. The Balaban J connectivity index is 0.00000139. The van der Waals surface area contributed by atoms with Crippen molar-refractivity contribution < 1.29 is 9.53 Å². The van der Waals surface area contributed by atoms with Crippen LogP contribution in [-0.2, 0) is 4.74 Å². The van der Waals surface area contributed by atoms with E-state index in [0.29, 0.717) is 17.2 Å². The number of carbonyl (C=O) groups excluding carboxylic acids is 1. The summed E-state index contributed by atoms with van der Waals surface area (Å²) in [7, 11) is 0. The molecule has 0 unspecified atom stereocenters. The van der Waals surface area contributed by atoms with Gasteiger partial charge < -0.3 is 15.8 Å². The van der Waals surface area contributed by atoms with Crippen LogP contribution < -0.4 is 16.4 Å². The highest BCUT2D eigenvalue weighted by atomic mass is 16.6. The fraction of sp³-hybridized carbons (Fsp3) is 0.333. The molecular formula is C18H26N4O2. The Hall–Kier alpha value is -2.76. The topological polar surface area (TPSA) is 89.3 Å². The van der Waals surface area contributed by atoms with Crippen LogP contribution in [0.1, 0.15) is 34.6 Å². The first-order valence-corrected chi connectivity index (χ1v) is 7.91. The van der Waals surface area contributed by atoms with Gasteiger partial charge in [-0.2, -0.15) is 0 Å². The Bertz CT molecular complexity index is 649. The second-order valence-corrected chi connectivity index (χ2v) is 5.77. The lowest BCUT2D eigenvalue weighted by Crippen LogP contribution is -2.27. The molecule has 0 saturated carbocycles. The maximum absolute atomic E-state index is 11.7. The molecule has 0 aliphatic rings. The third-order valence-electron chi connectivity index (χ3n) is 2.63. The smallest absolute Gasteiger partial charge is 0.412 e. The number of benzene rings is 1. The van der Waals surface area contributed by atoms with Crippen LogP contribution in [0.5, 0.6) is 0 Å². The third kappa shape index (κ3) is 6.56. The number of aromatic nitrogens is 1. The number of carbonyl (C=O) groups is 1. The molecule has 6 heteroatoms. The Morgan fingerprint density at radius 3 is 2.21 bits per heavy atom. The number of hydrogen-bond acceptors (Lipinski definition) is 5. The summed E-state index contributed by atoms with van der Waals surface area (Å²) in [6.07, 6.45) is 1.18. The second kappa shape index (κ2) is 8.76.